The van der Waals surface area contributed by atoms with Gasteiger partial charge in [-0.1, -0.05) is 154 Å². The van der Waals surface area contributed by atoms with Gasteiger partial charge in [-0.3, -0.25) is 0 Å². The average Bonchev–Trinajstić information content (AvgIpc) is 3.70. The predicted molar refractivity (Wildman–Crippen MR) is 300 cm³/mol. The normalized spacial score (nSPS) is 18.5. The van der Waals surface area contributed by atoms with Gasteiger partial charge in [0.05, 0.1) is 0 Å². The van der Waals surface area contributed by atoms with E-state index in [0.29, 0.717) is 5.89 Å². The van der Waals surface area contributed by atoms with E-state index in [1.807, 2.05) is 0 Å². The van der Waals surface area contributed by atoms with E-state index in [2.05, 4.69) is 231 Å². The number of nitrogens with zero attached hydrogens (tertiary/aromatic N) is 3. The highest BCUT2D eigenvalue weighted by atomic mass is 16.3. The van der Waals surface area contributed by atoms with Gasteiger partial charge in [0.25, 0.3) is 6.71 Å². The molecule has 0 saturated heterocycles. The van der Waals surface area contributed by atoms with Crippen LogP contribution in [0.2, 0.25) is 0 Å². The Morgan fingerprint density at radius 3 is 1.43 bits per heavy atom. The molecule has 5 heteroatoms. The molecule has 0 unspecified atom stereocenters. The number of fused-ring (bicyclic) bond motifs is 7. The van der Waals surface area contributed by atoms with Crippen molar-refractivity contribution in [2.45, 2.75) is 181 Å². The molecule has 0 radical (unpaired) electrons. The Morgan fingerprint density at radius 1 is 0.443 bits per heavy atom. The van der Waals surface area contributed by atoms with Crippen LogP contribution in [0.5, 0.6) is 0 Å². The molecule has 7 aromatic rings. The van der Waals surface area contributed by atoms with Crippen molar-refractivity contribution in [3.63, 3.8) is 0 Å². The van der Waals surface area contributed by atoms with Crippen LogP contribution in [0.4, 0.5) is 34.1 Å². The van der Waals surface area contributed by atoms with Crippen molar-refractivity contribution in [3.8, 4) is 11.5 Å². The van der Waals surface area contributed by atoms with Gasteiger partial charge in [-0.05, 0) is 180 Å². The van der Waals surface area contributed by atoms with Gasteiger partial charge in [0.1, 0.15) is 5.52 Å². The van der Waals surface area contributed by atoms with Crippen LogP contribution in [0.1, 0.15) is 182 Å². The fraction of sp³-hybridized carbons (Fsp3) is 0.431. The monoisotopic (exact) mass is 926 g/mol. The minimum atomic E-state index is -0.134. The molecule has 3 heterocycles. The molecule has 0 atom stereocenters. The van der Waals surface area contributed by atoms with Crippen molar-refractivity contribution in [1.82, 2.24) is 4.98 Å². The van der Waals surface area contributed by atoms with E-state index in [0.717, 1.165) is 40.9 Å². The third-order valence-corrected chi connectivity index (χ3v) is 17.5. The molecule has 0 saturated carbocycles. The van der Waals surface area contributed by atoms with Crippen LogP contribution >= 0.6 is 0 Å². The molecule has 11 rings (SSSR count). The van der Waals surface area contributed by atoms with Crippen LogP contribution in [0.25, 0.3) is 22.6 Å². The maximum absolute atomic E-state index is 6.87. The molecule has 0 spiro atoms. The van der Waals surface area contributed by atoms with Gasteiger partial charge in [0.2, 0.25) is 5.89 Å². The Hall–Kier alpha value is -5.55. The van der Waals surface area contributed by atoms with Gasteiger partial charge < -0.3 is 14.2 Å². The SMILES string of the molecule is CC(C)(C)c1ccc(-c2nc3cc4c(cc3o2)N(c2ccc(C(C)(C)C)cc2)c2cc(C(C)(C)C)cc3c2B4c2cc4c(cc2N3c2ccc3c(c2)C(C)(C)CCC3(C)C)C(C)(C)CCC4(C)C)cc1. The zero-order valence-electron chi connectivity index (χ0n) is 45.5. The third kappa shape index (κ3) is 7.32. The summed E-state index contributed by atoms with van der Waals surface area (Å²) in [7, 11) is 0. The Morgan fingerprint density at radius 2 is 0.886 bits per heavy atom. The Bertz CT molecular complexity index is 3270. The van der Waals surface area contributed by atoms with E-state index < -0.39 is 0 Å². The van der Waals surface area contributed by atoms with Crippen molar-refractivity contribution < 1.29 is 4.42 Å². The Kier molecular flexibility index (Phi) is 10.0. The quantitative estimate of drug-likeness (QED) is 0.165. The van der Waals surface area contributed by atoms with Gasteiger partial charge in [-0.25, -0.2) is 4.98 Å². The van der Waals surface area contributed by atoms with E-state index in [4.69, 9.17) is 9.40 Å². The molecule has 2 aliphatic carbocycles. The smallest absolute Gasteiger partial charge is 0.252 e. The summed E-state index contributed by atoms with van der Waals surface area (Å²) in [5, 5.41) is 0. The van der Waals surface area contributed by atoms with E-state index >= 15 is 0 Å². The zero-order valence-corrected chi connectivity index (χ0v) is 45.5. The number of hydrogen-bond acceptors (Lipinski definition) is 4. The van der Waals surface area contributed by atoms with Gasteiger partial charge >= 0.3 is 0 Å². The fourth-order valence-corrected chi connectivity index (χ4v) is 12.5. The van der Waals surface area contributed by atoms with E-state index in [-0.39, 0.29) is 44.6 Å². The van der Waals surface area contributed by atoms with Crippen molar-refractivity contribution >= 4 is 68.3 Å². The lowest BCUT2D eigenvalue weighted by Gasteiger charge is -2.48. The lowest BCUT2D eigenvalue weighted by atomic mass is 9.33. The van der Waals surface area contributed by atoms with Crippen LogP contribution in [-0.2, 0) is 37.9 Å². The maximum atomic E-state index is 6.87. The Balaban J connectivity index is 1.25. The summed E-state index contributed by atoms with van der Waals surface area (Å²) in [5.74, 6) is 0.652. The molecule has 0 bridgehead atoms. The molecule has 70 heavy (non-hydrogen) atoms. The molecule has 4 aliphatic rings. The Labute approximate surface area is 420 Å². The standard InChI is InChI=1S/C65H76BN3O/c1-59(2,3)40-20-18-39(19-21-40)58-67-51-37-50-53(38-56(51)70-58)68(43-24-22-41(23-25-43)60(4,5)6)54-32-42(61(7,8)9)33-55-57(54)66(50)49-35-47-48(65(16,17)31-30-64(47,14)15)36-52(49)69(55)44-26-27-45-46(34-44)63(12,13)29-28-62(45,10)11/h18-27,32-38H,28-31H2,1-17H3. The van der Waals surface area contributed by atoms with Gasteiger partial charge in [-0.2, -0.15) is 0 Å². The lowest BCUT2D eigenvalue weighted by Crippen LogP contribution is -2.62. The predicted octanol–water partition coefficient (Wildman–Crippen LogP) is 16.2. The first-order valence-electron chi connectivity index (χ1n) is 26.3. The highest BCUT2D eigenvalue weighted by Gasteiger charge is 2.48. The number of oxazole rings is 1. The summed E-state index contributed by atoms with van der Waals surface area (Å²) in [6.07, 6.45) is 4.67. The second kappa shape index (κ2) is 15.0. The zero-order chi connectivity index (χ0) is 50.0. The highest BCUT2D eigenvalue weighted by molar-refractivity contribution is 7.00. The van der Waals surface area contributed by atoms with Crippen molar-refractivity contribution in [2.75, 3.05) is 9.80 Å². The molecule has 1 aromatic heterocycles. The largest absolute Gasteiger partial charge is 0.436 e. The van der Waals surface area contributed by atoms with E-state index in [1.54, 1.807) is 0 Å². The van der Waals surface area contributed by atoms with Crippen LogP contribution < -0.4 is 26.2 Å². The molecule has 0 fully saturated rings. The number of hydrogen-bond donors (Lipinski definition) is 0. The summed E-state index contributed by atoms with van der Waals surface area (Å²) in [4.78, 5) is 10.6. The molecular formula is C65H76BN3O. The topological polar surface area (TPSA) is 32.5 Å². The third-order valence-electron chi connectivity index (χ3n) is 17.5. The van der Waals surface area contributed by atoms with Crippen molar-refractivity contribution in [3.05, 3.63) is 142 Å². The first-order chi connectivity index (χ1) is 32.5. The summed E-state index contributed by atoms with van der Waals surface area (Å²) in [5.41, 5.74) is 24.0. The average molecular weight is 926 g/mol. The number of rotatable bonds is 3. The van der Waals surface area contributed by atoms with Crippen molar-refractivity contribution in [1.29, 1.82) is 0 Å². The first kappa shape index (κ1) is 46.8. The van der Waals surface area contributed by atoms with Gasteiger partial charge in [-0.15, -0.1) is 0 Å². The fourth-order valence-electron chi connectivity index (χ4n) is 12.5. The highest BCUT2D eigenvalue weighted by Crippen LogP contribution is 2.53. The molecule has 4 nitrogen and oxygen atoms in total. The molecule has 2 aliphatic heterocycles. The summed E-state index contributed by atoms with van der Waals surface area (Å²) in [6.45, 7) is 40.5. The minimum Gasteiger partial charge on any atom is -0.436 e. The van der Waals surface area contributed by atoms with Gasteiger partial charge in [0, 0.05) is 45.8 Å². The molecular weight excluding hydrogens is 850 g/mol. The summed E-state index contributed by atoms with van der Waals surface area (Å²) < 4.78 is 6.87. The molecule has 0 amide bonds. The van der Waals surface area contributed by atoms with Crippen LogP contribution in [-0.4, -0.2) is 11.7 Å². The first-order valence-corrected chi connectivity index (χ1v) is 26.3. The molecule has 360 valence electrons. The van der Waals surface area contributed by atoms with Crippen LogP contribution in [0.3, 0.4) is 0 Å². The second-order valence-electron chi connectivity index (χ2n) is 27.5. The molecule has 0 N–H and O–H groups in total. The molecule has 6 aromatic carbocycles. The number of benzene rings is 6. The second-order valence-corrected chi connectivity index (χ2v) is 27.5. The van der Waals surface area contributed by atoms with Crippen LogP contribution in [0.15, 0.2) is 108 Å². The maximum Gasteiger partial charge on any atom is 0.252 e. The van der Waals surface area contributed by atoms with E-state index in [9.17, 15) is 0 Å². The number of aromatic nitrogens is 1. The van der Waals surface area contributed by atoms with Crippen molar-refractivity contribution in [2.24, 2.45) is 0 Å². The lowest BCUT2D eigenvalue weighted by molar-refractivity contribution is 0.332. The minimum absolute atomic E-state index is 0.0204. The van der Waals surface area contributed by atoms with E-state index in [1.165, 1.54) is 90.9 Å². The van der Waals surface area contributed by atoms with Crippen LogP contribution in [0, 0.1) is 0 Å². The number of anilines is 6. The van der Waals surface area contributed by atoms with Gasteiger partial charge in [0.15, 0.2) is 5.58 Å². The summed E-state index contributed by atoms with van der Waals surface area (Å²) >= 11 is 0. The summed E-state index contributed by atoms with van der Waals surface area (Å²) in [6, 6.07) is 40.7.